The van der Waals surface area contributed by atoms with Gasteiger partial charge in [0.25, 0.3) is 0 Å². The van der Waals surface area contributed by atoms with Gasteiger partial charge in [0.2, 0.25) is 11.7 Å². The lowest BCUT2D eigenvalue weighted by Crippen LogP contribution is -2.48. The van der Waals surface area contributed by atoms with Gasteiger partial charge in [0.1, 0.15) is 5.84 Å². The molecule has 0 saturated carbocycles. The van der Waals surface area contributed by atoms with Crippen molar-refractivity contribution in [2.45, 2.75) is 18.9 Å². The zero-order valence-electron chi connectivity index (χ0n) is 13.5. The van der Waals surface area contributed by atoms with Crippen molar-refractivity contribution in [2.24, 2.45) is 4.99 Å². The fraction of sp³-hybridized carbons (Fsp3) is 0.278. The van der Waals surface area contributed by atoms with E-state index >= 15 is 0 Å². The quantitative estimate of drug-likeness (QED) is 0.917. The molecule has 0 aliphatic carbocycles. The number of hydrogen-bond acceptors (Lipinski definition) is 6. The normalized spacial score (nSPS) is 22.0. The van der Waals surface area contributed by atoms with Crippen molar-refractivity contribution in [1.29, 1.82) is 0 Å². The summed E-state index contributed by atoms with van der Waals surface area (Å²) in [6.45, 7) is 2.42. The molecule has 0 spiro atoms. The van der Waals surface area contributed by atoms with Gasteiger partial charge in [-0.3, -0.25) is 4.79 Å². The fourth-order valence-electron chi connectivity index (χ4n) is 3.28. The predicted molar refractivity (Wildman–Crippen MR) is 90.3 cm³/mol. The highest BCUT2D eigenvalue weighted by molar-refractivity contribution is 6.28. The maximum atomic E-state index is 12.9. The number of benzene rings is 1. The molecule has 1 aromatic carbocycles. The number of pyridine rings is 1. The highest BCUT2D eigenvalue weighted by Gasteiger charge is 2.52. The number of aryl methyl sites for hydroxylation is 1. The zero-order valence-corrected chi connectivity index (χ0v) is 13.5. The number of hydrogen-bond donors (Lipinski definition) is 1. The summed E-state index contributed by atoms with van der Waals surface area (Å²) in [5, 5.41) is 11.0. The number of carbonyl (C=O) groups is 1. The van der Waals surface area contributed by atoms with E-state index in [0.717, 1.165) is 11.3 Å². The van der Waals surface area contributed by atoms with E-state index in [0.29, 0.717) is 35.9 Å². The minimum absolute atomic E-state index is 0.283. The summed E-state index contributed by atoms with van der Waals surface area (Å²) in [4.78, 5) is 23.4. The molecule has 2 aromatic rings. The van der Waals surface area contributed by atoms with Gasteiger partial charge in [-0.1, -0.05) is 11.6 Å². The van der Waals surface area contributed by atoms with Crippen molar-refractivity contribution in [1.82, 2.24) is 4.98 Å². The minimum atomic E-state index is -1.57. The largest absolute Gasteiger partial charge is 0.481 e. The van der Waals surface area contributed by atoms with Crippen LogP contribution in [-0.2, 0) is 0 Å². The van der Waals surface area contributed by atoms with Crippen LogP contribution in [0.15, 0.2) is 41.5 Å². The Labute approximate surface area is 139 Å². The van der Waals surface area contributed by atoms with E-state index in [1.807, 2.05) is 30.0 Å². The Morgan fingerprint density at radius 1 is 1.29 bits per heavy atom. The average molecular weight is 323 g/mol. The number of aliphatic imine (C=N–C) groups is 1. The first-order chi connectivity index (χ1) is 11.5. The number of Topliss-reactive ketones (excluding diaryl/α,β-unsaturated/α-hetero) is 1. The fourth-order valence-corrected chi connectivity index (χ4v) is 3.28. The average Bonchev–Trinajstić information content (AvgIpc) is 2.94. The van der Waals surface area contributed by atoms with Crippen molar-refractivity contribution in [2.75, 3.05) is 18.6 Å². The Kier molecular flexibility index (Phi) is 3.18. The van der Waals surface area contributed by atoms with Gasteiger partial charge in [-0.2, -0.15) is 0 Å². The van der Waals surface area contributed by atoms with Gasteiger partial charge in [0.05, 0.1) is 12.8 Å². The van der Waals surface area contributed by atoms with Crippen LogP contribution in [-0.4, -0.2) is 41.0 Å². The Bertz CT molecular complexity index is 878. The number of aromatic nitrogens is 1. The van der Waals surface area contributed by atoms with Gasteiger partial charge >= 0.3 is 0 Å². The van der Waals surface area contributed by atoms with Crippen molar-refractivity contribution in [3.63, 3.8) is 0 Å². The third-order valence-corrected chi connectivity index (χ3v) is 4.56. The molecule has 2 aliphatic heterocycles. The molecule has 1 atom stereocenters. The van der Waals surface area contributed by atoms with Crippen LogP contribution < -0.4 is 9.64 Å². The molecule has 1 unspecified atom stereocenters. The lowest BCUT2D eigenvalue weighted by atomic mass is 9.87. The van der Waals surface area contributed by atoms with E-state index in [4.69, 9.17) is 4.74 Å². The van der Waals surface area contributed by atoms with Gasteiger partial charge in [-0.15, -0.1) is 0 Å². The molecule has 1 N–H and O–H groups in total. The highest BCUT2D eigenvalue weighted by atomic mass is 16.5. The van der Waals surface area contributed by atoms with E-state index < -0.39 is 5.60 Å². The summed E-state index contributed by atoms with van der Waals surface area (Å²) in [6, 6.07) is 9.09. The first-order valence-electron chi connectivity index (χ1n) is 7.77. The highest BCUT2D eigenvalue weighted by Crippen LogP contribution is 2.39. The van der Waals surface area contributed by atoms with Crippen LogP contribution in [0.25, 0.3) is 0 Å². The second-order valence-electron chi connectivity index (χ2n) is 6.10. The van der Waals surface area contributed by atoms with Gasteiger partial charge < -0.3 is 14.7 Å². The first kappa shape index (κ1) is 14.8. The van der Waals surface area contributed by atoms with Crippen LogP contribution in [0.3, 0.4) is 0 Å². The molecule has 6 heteroatoms. The molecule has 6 nitrogen and oxygen atoms in total. The van der Waals surface area contributed by atoms with Gasteiger partial charge in [-0.05, 0) is 25.1 Å². The Morgan fingerprint density at radius 3 is 2.92 bits per heavy atom. The Morgan fingerprint density at radius 2 is 2.12 bits per heavy atom. The summed E-state index contributed by atoms with van der Waals surface area (Å²) >= 11 is 0. The zero-order chi connectivity index (χ0) is 16.9. The van der Waals surface area contributed by atoms with Crippen LogP contribution in [0.2, 0.25) is 0 Å². The number of anilines is 1. The molecule has 0 bridgehead atoms. The van der Waals surface area contributed by atoms with Crippen molar-refractivity contribution >= 4 is 23.0 Å². The minimum Gasteiger partial charge on any atom is -0.481 e. The van der Waals surface area contributed by atoms with E-state index in [-0.39, 0.29) is 5.78 Å². The lowest BCUT2D eigenvalue weighted by Gasteiger charge is -2.29. The molecule has 4 rings (SSSR count). The van der Waals surface area contributed by atoms with E-state index in [9.17, 15) is 9.90 Å². The second kappa shape index (κ2) is 5.14. The third-order valence-electron chi connectivity index (χ3n) is 4.56. The number of carbonyl (C=O) groups excluding carboxylic acids is 1. The van der Waals surface area contributed by atoms with Crippen molar-refractivity contribution < 1.29 is 14.6 Å². The van der Waals surface area contributed by atoms with Crippen LogP contribution in [0, 0.1) is 6.92 Å². The molecule has 1 fully saturated rings. The molecule has 1 saturated heterocycles. The molecular formula is C18H17N3O3. The molecular weight excluding hydrogens is 306 g/mol. The Balaban J connectivity index is 1.84. The summed E-state index contributed by atoms with van der Waals surface area (Å²) in [5.41, 5.74) is 1.27. The summed E-state index contributed by atoms with van der Waals surface area (Å²) < 4.78 is 5.16. The molecule has 0 radical (unpaired) electrons. The number of methoxy groups -OCH3 is 1. The molecule has 122 valence electrons. The number of aliphatic hydroxyl groups is 1. The van der Waals surface area contributed by atoms with E-state index in [1.165, 1.54) is 0 Å². The van der Waals surface area contributed by atoms with Gasteiger partial charge in [-0.25, -0.2) is 9.98 Å². The maximum absolute atomic E-state index is 12.9. The van der Waals surface area contributed by atoms with Crippen LogP contribution >= 0.6 is 0 Å². The van der Waals surface area contributed by atoms with Crippen LogP contribution in [0.1, 0.15) is 22.3 Å². The second-order valence-corrected chi connectivity index (χ2v) is 6.10. The monoisotopic (exact) mass is 323 g/mol. The molecule has 2 aliphatic rings. The van der Waals surface area contributed by atoms with Crippen molar-refractivity contribution in [3.05, 3.63) is 47.7 Å². The third kappa shape index (κ3) is 2.03. The smallest absolute Gasteiger partial charge is 0.214 e. The first-order valence-corrected chi connectivity index (χ1v) is 7.77. The topological polar surface area (TPSA) is 75.0 Å². The number of rotatable bonds is 2. The van der Waals surface area contributed by atoms with Crippen LogP contribution in [0.4, 0.5) is 11.4 Å². The van der Waals surface area contributed by atoms with E-state index in [1.54, 1.807) is 25.4 Å². The lowest BCUT2D eigenvalue weighted by molar-refractivity contribution is 0.0602. The standard InChI is InChI=1S/C18H17N3O3/c1-11-3-4-14-13(9-11)16(22)18(23)6-8-21(17(18)20-14)12-5-7-19-15(10-12)24-2/h3-5,7,9-10,23H,6,8H2,1-2H3. The summed E-state index contributed by atoms with van der Waals surface area (Å²) in [5.74, 6) is 0.563. The predicted octanol–water partition coefficient (Wildman–Crippen LogP) is 2.27. The maximum Gasteiger partial charge on any atom is 0.214 e. The molecule has 24 heavy (non-hydrogen) atoms. The number of fused-ring (bicyclic) bond motifs is 2. The number of ether oxygens (including phenoxy) is 1. The van der Waals surface area contributed by atoms with Crippen molar-refractivity contribution in [3.8, 4) is 5.88 Å². The Hall–Kier alpha value is -2.73. The van der Waals surface area contributed by atoms with Crippen LogP contribution in [0.5, 0.6) is 5.88 Å². The number of amidine groups is 1. The number of ketones is 1. The SMILES string of the molecule is COc1cc(N2CCC3(O)C(=O)c4cc(C)ccc4N=C23)ccn1. The number of nitrogens with zero attached hydrogens (tertiary/aromatic N) is 3. The molecule has 3 heterocycles. The van der Waals surface area contributed by atoms with E-state index in [2.05, 4.69) is 9.98 Å². The molecule has 0 amide bonds. The van der Waals surface area contributed by atoms with Gasteiger partial charge in [0.15, 0.2) is 5.60 Å². The van der Waals surface area contributed by atoms with Gasteiger partial charge in [0, 0.05) is 36.5 Å². The molecule has 1 aromatic heterocycles. The summed E-state index contributed by atoms with van der Waals surface area (Å²) in [7, 11) is 1.55. The summed E-state index contributed by atoms with van der Waals surface area (Å²) in [6.07, 6.45) is 1.94.